The number of ether oxygens (including phenoxy) is 1. The van der Waals surface area contributed by atoms with Crippen molar-refractivity contribution in [2.24, 2.45) is 7.05 Å². The number of aliphatic hydroxyl groups is 1. The summed E-state index contributed by atoms with van der Waals surface area (Å²) in [6.07, 6.45) is 1.68. The predicted octanol–water partition coefficient (Wildman–Crippen LogP) is 2.74. The summed E-state index contributed by atoms with van der Waals surface area (Å²) in [6.45, 7) is 0.596. The average Bonchev–Trinajstić information content (AvgIpc) is 2.77. The van der Waals surface area contributed by atoms with E-state index in [0.29, 0.717) is 11.6 Å². The summed E-state index contributed by atoms with van der Waals surface area (Å²) in [7, 11) is 1.89. The van der Waals surface area contributed by atoms with Gasteiger partial charge in [-0.2, -0.15) is 0 Å². The second kappa shape index (κ2) is 6.84. The summed E-state index contributed by atoms with van der Waals surface area (Å²) in [5.41, 5.74) is 0.807. The maximum atomic E-state index is 9.07. The molecule has 0 saturated carbocycles. The van der Waals surface area contributed by atoms with E-state index in [1.807, 2.05) is 23.7 Å². The number of rotatable bonds is 6. The van der Waals surface area contributed by atoms with Crippen LogP contribution in [-0.4, -0.2) is 27.0 Å². The zero-order valence-corrected chi connectivity index (χ0v) is 12.1. The van der Waals surface area contributed by atoms with E-state index in [1.54, 1.807) is 30.1 Å². The van der Waals surface area contributed by atoms with Gasteiger partial charge in [-0.1, -0.05) is 23.4 Å². The molecular formula is C13H15ClN2O2S. The Morgan fingerprint density at radius 1 is 1.37 bits per heavy atom. The monoisotopic (exact) mass is 298 g/mol. The van der Waals surface area contributed by atoms with Gasteiger partial charge in [0.15, 0.2) is 5.16 Å². The summed E-state index contributed by atoms with van der Waals surface area (Å²) in [5, 5.41) is 10.6. The highest BCUT2D eigenvalue weighted by Crippen LogP contribution is 2.19. The number of hydrogen-bond acceptors (Lipinski definition) is 4. The Kier molecular flexibility index (Phi) is 5.13. The van der Waals surface area contributed by atoms with E-state index < -0.39 is 0 Å². The van der Waals surface area contributed by atoms with E-state index in [9.17, 15) is 0 Å². The van der Waals surface area contributed by atoms with E-state index in [0.717, 1.165) is 22.4 Å². The molecule has 1 N–H and O–H groups in total. The SMILES string of the molecule is Cn1c(CO)cnc1SCCOc1ccc(Cl)cc1. The van der Waals surface area contributed by atoms with Crippen molar-refractivity contribution in [1.29, 1.82) is 0 Å². The van der Waals surface area contributed by atoms with Crippen LogP contribution in [0, 0.1) is 0 Å². The van der Waals surface area contributed by atoms with Crippen LogP contribution >= 0.6 is 23.4 Å². The molecule has 0 amide bonds. The first kappa shape index (κ1) is 14.2. The molecule has 0 spiro atoms. The number of benzene rings is 1. The van der Waals surface area contributed by atoms with E-state index >= 15 is 0 Å². The Morgan fingerprint density at radius 2 is 2.11 bits per heavy atom. The van der Waals surface area contributed by atoms with Gasteiger partial charge in [0.05, 0.1) is 25.1 Å². The smallest absolute Gasteiger partial charge is 0.168 e. The molecule has 6 heteroatoms. The van der Waals surface area contributed by atoms with Crippen molar-refractivity contribution in [3.8, 4) is 5.75 Å². The number of aromatic nitrogens is 2. The Labute approximate surface area is 121 Å². The van der Waals surface area contributed by atoms with Crippen molar-refractivity contribution in [3.63, 3.8) is 0 Å². The Bertz CT molecular complexity index is 528. The molecule has 19 heavy (non-hydrogen) atoms. The number of halogens is 1. The van der Waals surface area contributed by atoms with Crippen molar-refractivity contribution in [3.05, 3.63) is 41.2 Å². The maximum Gasteiger partial charge on any atom is 0.168 e. The minimum Gasteiger partial charge on any atom is -0.493 e. The van der Waals surface area contributed by atoms with Crippen LogP contribution < -0.4 is 4.74 Å². The maximum absolute atomic E-state index is 9.07. The fourth-order valence-corrected chi connectivity index (χ4v) is 2.44. The first-order valence-electron chi connectivity index (χ1n) is 5.83. The molecule has 2 rings (SSSR count). The van der Waals surface area contributed by atoms with Gasteiger partial charge in [-0.05, 0) is 24.3 Å². The highest BCUT2D eigenvalue weighted by atomic mass is 35.5. The van der Waals surface area contributed by atoms with Crippen LogP contribution in [0.15, 0.2) is 35.6 Å². The van der Waals surface area contributed by atoms with Crippen LogP contribution in [-0.2, 0) is 13.7 Å². The average molecular weight is 299 g/mol. The molecule has 0 radical (unpaired) electrons. The summed E-state index contributed by atoms with van der Waals surface area (Å²) in [4.78, 5) is 4.24. The molecule has 2 aromatic rings. The van der Waals surface area contributed by atoms with Gasteiger partial charge in [-0.3, -0.25) is 0 Å². The lowest BCUT2D eigenvalue weighted by molar-refractivity contribution is 0.271. The van der Waals surface area contributed by atoms with Gasteiger partial charge in [0, 0.05) is 17.8 Å². The standard InChI is InChI=1S/C13H15ClN2O2S/c1-16-11(9-17)8-15-13(16)19-7-6-18-12-4-2-10(14)3-5-12/h2-5,8,17H,6-7,9H2,1H3. The molecule has 0 saturated heterocycles. The van der Waals surface area contributed by atoms with Crippen LogP contribution in [0.4, 0.5) is 0 Å². The molecule has 0 atom stereocenters. The molecule has 0 unspecified atom stereocenters. The zero-order chi connectivity index (χ0) is 13.7. The molecule has 0 aliphatic carbocycles. The highest BCUT2D eigenvalue weighted by molar-refractivity contribution is 7.99. The van der Waals surface area contributed by atoms with Crippen LogP contribution in [0.2, 0.25) is 5.02 Å². The second-order valence-corrected chi connectivity index (χ2v) is 5.40. The first-order valence-corrected chi connectivity index (χ1v) is 7.19. The van der Waals surface area contributed by atoms with Crippen LogP contribution in [0.25, 0.3) is 0 Å². The topological polar surface area (TPSA) is 47.3 Å². The largest absolute Gasteiger partial charge is 0.493 e. The molecule has 1 aromatic carbocycles. The van der Waals surface area contributed by atoms with Crippen LogP contribution in [0.5, 0.6) is 5.75 Å². The lowest BCUT2D eigenvalue weighted by Gasteiger charge is -2.06. The summed E-state index contributed by atoms with van der Waals surface area (Å²) in [6, 6.07) is 7.29. The van der Waals surface area contributed by atoms with E-state index in [2.05, 4.69) is 4.98 Å². The number of aliphatic hydroxyl groups excluding tert-OH is 1. The molecule has 0 bridgehead atoms. The van der Waals surface area contributed by atoms with Gasteiger partial charge < -0.3 is 14.4 Å². The first-order chi connectivity index (χ1) is 9.20. The lowest BCUT2D eigenvalue weighted by atomic mass is 10.3. The fourth-order valence-electron chi connectivity index (χ4n) is 1.53. The van der Waals surface area contributed by atoms with E-state index in [1.165, 1.54) is 0 Å². The summed E-state index contributed by atoms with van der Waals surface area (Å²) in [5.74, 6) is 1.60. The molecule has 1 aromatic heterocycles. The van der Waals surface area contributed by atoms with Crippen molar-refractivity contribution in [2.75, 3.05) is 12.4 Å². The third-order valence-electron chi connectivity index (χ3n) is 2.60. The van der Waals surface area contributed by atoms with Crippen molar-refractivity contribution >= 4 is 23.4 Å². The van der Waals surface area contributed by atoms with E-state index in [4.69, 9.17) is 21.4 Å². The van der Waals surface area contributed by atoms with Gasteiger partial charge >= 0.3 is 0 Å². The Morgan fingerprint density at radius 3 is 2.74 bits per heavy atom. The van der Waals surface area contributed by atoms with Crippen LogP contribution in [0.3, 0.4) is 0 Å². The van der Waals surface area contributed by atoms with Gasteiger partial charge in [0.1, 0.15) is 5.75 Å². The summed E-state index contributed by atoms with van der Waals surface area (Å²) < 4.78 is 7.47. The quantitative estimate of drug-likeness (QED) is 0.658. The molecule has 0 aliphatic heterocycles. The van der Waals surface area contributed by atoms with Crippen LogP contribution in [0.1, 0.15) is 5.69 Å². The lowest BCUT2D eigenvalue weighted by Crippen LogP contribution is -2.02. The number of imidazole rings is 1. The number of hydrogen-bond donors (Lipinski definition) is 1. The van der Waals surface area contributed by atoms with Crippen molar-refractivity contribution in [1.82, 2.24) is 9.55 Å². The molecule has 102 valence electrons. The number of nitrogens with zero attached hydrogens (tertiary/aromatic N) is 2. The molecule has 1 heterocycles. The van der Waals surface area contributed by atoms with Gasteiger partial charge in [0.25, 0.3) is 0 Å². The second-order valence-electron chi connectivity index (χ2n) is 3.90. The van der Waals surface area contributed by atoms with Gasteiger partial charge in [-0.25, -0.2) is 4.98 Å². The molecule has 0 fully saturated rings. The van der Waals surface area contributed by atoms with Crippen molar-refractivity contribution in [2.45, 2.75) is 11.8 Å². The van der Waals surface area contributed by atoms with Gasteiger partial charge in [0.2, 0.25) is 0 Å². The highest BCUT2D eigenvalue weighted by Gasteiger charge is 2.05. The third-order valence-corrected chi connectivity index (χ3v) is 3.86. The minimum absolute atomic E-state index is 0.00529. The normalized spacial score (nSPS) is 10.7. The Balaban J connectivity index is 1.77. The molecule has 4 nitrogen and oxygen atoms in total. The molecular weight excluding hydrogens is 284 g/mol. The fraction of sp³-hybridized carbons (Fsp3) is 0.308. The third kappa shape index (κ3) is 3.89. The minimum atomic E-state index is 0.00529. The van der Waals surface area contributed by atoms with Gasteiger partial charge in [-0.15, -0.1) is 0 Å². The summed E-state index contributed by atoms with van der Waals surface area (Å²) >= 11 is 7.39. The Hall–Kier alpha value is -1.17. The van der Waals surface area contributed by atoms with Crippen molar-refractivity contribution < 1.29 is 9.84 Å². The predicted molar refractivity (Wildman–Crippen MR) is 76.8 cm³/mol. The molecule has 0 aliphatic rings. The zero-order valence-electron chi connectivity index (χ0n) is 10.5. The number of thioether (sulfide) groups is 1. The van der Waals surface area contributed by atoms with E-state index in [-0.39, 0.29) is 6.61 Å².